The number of rotatable bonds is 5. The van der Waals surface area contributed by atoms with Gasteiger partial charge in [0.2, 0.25) is 5.91 Å². The Hall–Kier alpha value is -2.34. The first-order valence-electron chi connectivity index (χ1n) is 9.88. The standard InChI is InChI=1S/C23H29NO4S/c1-23(2,3)15-8-11-17-18(13-15)29-21(20(17)22(26)28-5)24-19(25)12-14-6-9-16(27-4)10-7-14/h6-7,9-10,15H,8,11-13H2,1-5H3,(H,24,25). The van der Waals surface area contributed by atoms with Gasteiger partial charge in [-0.05, 0) is 53.9 Å². The molecule has 0 aliphatic heterocycles. The first kappa shape index (κ1) is 21.4. The van der Waals surface area contributed by atoms with Gasteiger partial charge in [0.1, 0.15) is 10.8 Å². The Balaban J connectivity index is 1.81. The first-order valence-corrected chi connectivity index (χ1v) is 10.7. The highest BCUT2D eigenvalue weighted by Gasteiger charge is 2.34. The van der Waals surface area contributed by atoms with Gasteiger partial charge < -0.3 is 14.8 Å². The highest BCUT2D eigenvalue weighted by atomic mass is 32.1. The van der Waals surface area contributed by atoms with E-state index in [4.69, 9.17) is 9.47 Å². The maximum absolute atomic E-state index is 12.6. The number of carbonyl (C=O) groups excluding carboxylic acids is 2. The van der Waals surface area contributed by atoms with Crippen LogP contribution >= 0.6 is 11.3 Å². The van der Waals surface area contributed by atoms with Crippen molar-refractivity contribution < 1.29 is 19.1 Å². The third kappa shape index (κ3) is 4.81. The van der Waals surface area contributed by atoms with Crippen LogP contribution in [-0.4, -0.2) is 26.1 Å². The summed E-state index contributed by atoms with van der Waals surface area (Å²) >= 11 is 1.52. The molecule has 0 bridgehead atoms. The zero-order valence-corrected chi connectivity index (χ0v) is 18.6. The van der Waals surface area contributed by atoms with Gasteiger partial charge in [-0.3, -0.25) is 4.79 Å². The number of amides is 1. The van der Waals surface area contributed by atoms with Crippen LogP contribution in [0.2, 0.25) is 0 Å². The predicted molar refractivity (Wildman–Crippen MR) is 116 cm³/mol. The molecule has 0 spiro atoms. The lowest BCUT2D eigenvalue weighted by Crippen LogP contribution is -2.26. The summed E-state index contributed by atoms with van der Waals surface area (Å²) in [4.78, 5) is 26.3. The predicted octanol–water partition coefficient (Wildman–Crippen LogP) is 4.88. The van der Waals surface area contributed by atoms with Gasteiger partial charge in [0.15, 0.2) is 0 Å². The minimum absolute atomic E-state index is 0.147. The van der Waals surface area contributed by atoms with E-state index in [9.17, 15) is 9.59 Å². The van der Waals surface area contributed by atoms with Crippen molar-refractivity contribution >= 4 is 28.2 Å². The van der Waals surface area contributed by atoms with E-state index in [0.29, 0.717) is 16.5 Å². The van der Waals surface area contributed by atoms with Crippen LogP contribution in [0.3, 0.4) is 0 Å². The van der Waals surface area contributed by atoms with E-state index < -0.39 is 0 Å². The summed E-state index contributed by atoms with van der Waals surface area (Å²) in [6.07, 6.45) is 3.04. The molecule has 156 valence electrons. The molecule has 6 heteroatoms. The van der Waals surface area contributed by atoms with Crippen LogP contribution in [0.4, 0.5) is 5.00 Å². The second-order valence-electron chi connectivity index (χ2n) is 8.58. The molecular weight excluding hydrogens is 386 g/mol. The number of benzene rings is 1. The summed E-state index contributed by atoms with van der Waals surface area (Å²) in [7, 11) is 3.00. The molecule has 2 aromatic rings. The third-order valence-corrected chi connectivity index (χ3v) is 6.83. The molecule has 0 saturated heterocycles. The van der Waals surface area contributed by atoms with Gasteiger partial charge in [0.05, 0.1) is 26.2 Å². The molecule has 1 aromatic heterocycles. The quantitative estimate of drug-likeness (QED) is 0.707. The van der Waals surface area contributed by atoms with Crippen LogP contribution in [0.5, 0.6) is 5.75 Å². The zero-order chi connectivity index (χ0) is 21.2. The van der Waals surface area contributed by atoms with Crippen LogP contribution < -0.4 is 10.1 Å². The fourth-order valence-electron chi connectivity index (χ4n) is 3.83. The van der Waals surface area contributed by atoms with Crippen LogP contribution in [0.1, 0.15) is 53.6 Å². The number of hydrogen-bond donors (Lipinski definition) is 1. The van der Waals surface area contributed by atoms with Crippen molar-refractivity contribution in [2.75, 3.05) is 19.5 Å². The maximum Gasteiger partial charge on any atom is 0.341 e. The molecule has 3 rings (SSSR count). The van der Waals surface area contributed by atoms with Crippen molar-refractivity contribution in [3.05, 3.63) is 45.8 Å². The summed E-state index contributed by atoms with van der Waals surface area (Å²) in [6, 6.07) is 7.40. The fourth-order valence-corrected chi connectivity index (χ4v) is 5.16. The molecule has 1 amide bonds. The van der Waals surface area contributed by atoms with Gasteiger partial charge in [-0.2, -0.15) is 0 Å². The van der Waals surface area contributed by atoms with Crippen molar-refractivity contribution in [1.82, 2.24) is 0 Å². The highest BCUT2D eigenvalue weighted by Crippen LogP contribution is 2.44. The summed E-state index contributed by atoms with van der Waals surface area (Å²) in [5.74, 6) is 0.784. The van der Waals surface area contributed by atoms with Gasteiger partial charge in [0, 0.05) is 4.88 Å². The number of esters is 1. The summed E-state index contributed by atoms with van der Waals surface area (Å²) in [5, 5.41) is 3.57. The van der Waals surface area contributed by atoms with Crippen LogP contribution in [0.15, 0.2) is 24.3 Å². The smallest absolute Gasteiger partial charge is 0.341 e. The van der Waals surface area contributed by atoms with Crippen molar-refractivity contribution in [3.63, 3.8) is 0 Å². The number of nitrogens with one attached hydrogen (secondary N) is 1. The average Bonchev–Trinajstić information content (AvgIpc) is 3.04. The second-order valence-corrected chi connectivity index (χ2v) is 9.68. The van der Waals surface area contributed by atoms with Crippen LogP contribution in [-0.2, 0) is 28.8 Å². The second kappa shape index (κ2) is 8.57. The molecule has 1 atom stereocenters. The van der Waals surface area contributed by atoms with E-state index in [1.807, 2.05) is 24.3 Å². The average molecular weight is 416 g/mol. The monoisotopic (exact) mass is 415 g/mol. The number of thiophene rings is 1. The number of ether oxygens (including phenoxy) is 2. The largest absolute Gasteiger partial charge is 0.497 e. The molecule has 0 radical (unpaired) electrons. The van der Waals surface area contributed by atoms with Crippen molar-refractivity contribution in [2.24, 2.45) is 11.3 Å². The number of methoxy groups -OCH3 is 2. The molecule has 1 unspecified atom stereocenters. The van der Waals surface area contributed by atoms with Crippen molar-refractivity contribution in [3.8, 4) is 5.75 Å². The molecule has 0 saturated carbocycles. The molecule has 1 aromatic carbocycles. The molecule has 1 aliphatic carbocycles. The molecule has 29 heavy (non-hydrogen) atoms. The lowest BCUT2D eigenvalue weighted by Gasteiger charge is -2.33. The van der Waals surface area contributed by atoms with Crippen molar-refractivity contribution in [2.45, 2.75) is 46.5 Å². The van der Waals surface area contributed by atoms with Gasteiger partial charge in [0.25, 0.3) is 0 Å². The van der Waals surface area contributed by atoms with Gasteiger partial charge in [-0.25, -0.2) is 4.79 Å². The Labute approximate surface area is 176 Å². The lowest BCUT2D eigenvalue weighted by atomic mass is 9.72. The maximum atomic E-state index is 12.6. The van der Waals surface area contributed by atoms with Crippen LogP contribution in [0, 0.1) is 11.3 Å². The Bertz CT molecular complexity index is 893. The SMILES string of the molecule is COC(=O)c1c(NC(=O)Cc2ccc(OC)cc2)sc2c1CCC(C(C)(C)C)C2. The number of fused-ring (bicyclic) bond motifs is 1. The van der Waals surface area contributed by atoms with Crippen molar-refractivity contribution in [1.29, 1.82) is 0 Å². The van der Waals surface area contributed by atoms with Gasteiger partial charge in [-0.1, -0.05) is 32.9 Å². The summed E-state index contributed by atoms with van der Waals surface area (Å²) in [5.41, 5.74) is 2.67. The van der Waals surface area contributed by atoms with Gasteiger partial charge >= 0.3 is 5.97 Å². The molecular formula is C23H29NO4S. The summed E-state index contributed by atoms with van der Waals surface area (Å²) in [6.45, 7) is 6.78. The fraction of sp³-hybridized carbons (Fsp3) is 0.478. The first-order chi connectivity index (χ1) is 13.7. The summed E-state index contributed by atoms with van der Waals surface area (Å²) < 4.78 is 10.2. The number of anilines is 1. The lowest BCUT2D eigenvalue weighted by molar-refractivity contribution is -0.115. The van der Waals surface area contributed by atoms with Crippen LogP contribution in [0.25, 0.3) is 0 Å². The highest BCUT2D eigenvalue weighted by molar-refractivity contribution is 7.17. The van der Waals surface area contributed by atoms with E-state index in [1.54, 1.807) is 7.11 Å². The Morgan fingerprint density at radius 3 is 2.45 bits per heavy atom. The number of carbonyl (C=O) groups is 2. The van der Waals surface area contributed by atoms with E-state index in [2.05, 4.69) is 26.1 Å². The van der Waals surface area contributed by atoms with E-state index in [1.165, 1.54) is 23.3 Å². The minimum Gasteiger partial charge on any atom is -0.497 e. The zero-order valence-electron chi connectivity index (χ0n) is 17.8. The van der Waals surface area contributed by atoms with E-state index >= 15 is 0 Å². The topological polar surface area (TPSA) is 64.6 Å². The van der Waals surface area contributed by atoms with Gasteiger partial charge in [-0.15, -0.1) is 11.3 Å². The number of hydrogen-bond acceptors (Lipinski definition) is 5. The third-order valence-electron chi connectivity index (χ3n) is 5.66. The molecule has 1 aliphatic rings. The molecule has 1 N–H and O–H groups in total. The molecule has 5 nitrogen and oxygen atoms in total. The normalized spacial score (nSPS) is 16.1. The Kier molecular flexibility index (Phi) is 6.32. The molecule has 1 heterocycles. The minimum atomic E-state index is -0.378. The molecule has 0 fully saturated rings. The Morgan fingerprint density at radius 1 is 1.17 bits per heavy atom. The van der Waals surface area contributed by atoms with E-state index in [0.717, 1.165) is 36.1 Å². The Morgan fingerprint density at radius 2 is 1.86 bits per heavy atom. The van der Waals surface area contributed by atoms with E-state index in [-0.39, 0.29) is 23.7 Å².